The third kappa shape index (κ3) is 9.76. The first-order valence-electron chi connectivity index (χ1n) is 10.1. The van der Waals surface area contributed by atoms with E-state index >= 15 is 0 Å². The molecule has 1 saturated heterocycles. The van der Waals surface area contributed by atoms with Gasteiger partial charge in [-0.15, -0.1) is 24.0 Å². The van der Waals surface area contributed by atoms with Crippen molar-refractivity contribution in [2.24, 2.45) is 10.9 Å². The van der Waals surface area contributed by atoms with E-state index in [0.717, 1.165) is 38.1 Å². The van der Waals surface area contributed by atoms with Crippen molar-refractivity contribution in [2.75, 3.05) is 39.4 Å². The van der Waals surface area contributed by atoms with Gasteiger partial charge in [0.1, 0.15) is 0 Å². The topological polar surface area (TPSA) is 48.9 Å². The summed E-state index contributed by atoms with van der Waals surface area (Å²) in [6.45, 7) is 13.7. The summed E-state index contributed by atoms with van der Waals surface area (Å²) in [5, 5.41) is 6.61. The van der Waals surface area contributed by atoms with E-state index in [9.17, 15) is 0 Å². The highest BCUT2D eigenvalue weighted by Crippen LogP contribution is 2.18. The fourth-order valence-corrected chi connectivity index (χ4v) is 3.20. The van der Waals surface area contributed by atoms with Crippen molar-refractivity contribution in [1.82, 2.24) is 15.5 Å². The van der Waals surface area contributed by atoms with E-state index < -0.39 is 0 Å². The third-order valence-electron chi connectivity index (χ3n) is 4.78. The number of nitrogens with zero attached hydrogens (tertiary/aromatic N) is 2. The van der Waals surface area contributed by atoms with Crippen molar-refractivity contribution in [3.63, 3.8) is 0 Å². The average Bonchev–Trinajstić information content (AvgIpc) is 2.65. The Morgan fingerprint density at radius 2 is 1.93 bits per heavy atom. The Morgan fingerprint density at radius 1 is 1.19 bits per heavy atom. The van der Waals surface area contributed by atoms with Gasteiger partial charge in [-0.05, 0) is 56.8 Å². The molecule has 2 rings (SSSR count). The van der Waals surface area contributed by atoms with Crippen molar-refractivity contribution in [1.29, 1.82) is 0 Å². The molecule has 2 N–H and O–H groups in total. The van der Waals surface area contributed by atoms with Gasteiger partial charge in [0.05, 0.1) is 13.2 Å². The lowest BCUT2D eigenvalue weighted by Gasteiger charge is -2.30. The van der Waals surface area contributed by atoms with Crippen LogP contribution in [0.4, 0.5) is 0 Å². The minimum Gasteiger partial charge on any atom is -0.380 e. The Balaban J connectivity index is 0.00000364. The van der Waals surface area contributed by atoms with Gasteiger partial charge in [-0.25, -0.2) is 4.99 Å². The van der Waals surface area contributed by atoms with E-state index in [1.54, 1.807) is 0 Å². The molecule has 1 aliphatic heterocycles. The number of piperidine rings is 1. The molecule has 0 aliphatic carbocycles. The molecule has 1 aromatic carbocycles. The van der Waals surface area contributed by atoms with Crippen molar-refractivity contribution in [3.05, 3.63) is 35.4 Å². The summed E-state index contributed by atoms with van der Waals surface area (Å²) in [5.41, 5.74) is 2.65. The van der Waals surface area contributed by atoms with Crippen molar-refractivity contribution in [3.8, 4) is 0 Å². The molecule has 1 heterocycles. The molecule has 0 radical (unpaired) electrons. The van der Waals surface area contributed by atoms with Crippen molar-refractivity contribution in [2.45, 2.75) is 46.7 Å². The first kappa shape index (κ1) is 24.2. The molecule has 5 nitrogen and oxygen atoms in total. The molecule has 6 heteroatoms. The largest absolute Gasteiger partial charge is 0.380 e. The first-order valence-corrected chi connectivity index (χ1v) is 10.1. The molecule has 1 fully saturated rings. The third-order valence-corrected chi connectivity index (χ3v) is 4.78. The first-order chi connectivity index (χ1) is 12.7. The summed E-state index contributed by atoms with van der Waals surface area (Å²) in [6, 6.07) is 8.85. The fraction of sp³-hybridized carbons (Fsp3) is 0.667. The molecule has 1 aromatic rings. The van der Waals surface area contributed by atoms with Crippen LogP contribution in [-0.2, 0) is 17.8 Å². The molecule has 0 atom stereocenters. The van der Waals surface area contributed by atoms with Gasteiger partial charge >= 0.3 is 0 Å². The number of ether oxygens (including phenoxy) is 1. The van der Waals surface area contributed by atoms with Gasteiger partial charge in [-0.3, -0.25) is 4.90 Å². The molecule has 154 valence electrons. The minimum atomic E-state index is 0. The molecular formula is C21H37IN4O. The predicted molar refractivity (Wildman–Crippen MR) is 125 cm³/mol. The number of halogens is 1. The maximum atomic E-state index is 5.37. The smallest absolute Gasteiger partial charge is 0.191 e. The van der Waals surface area contributed by atoms with Crippen LogP contribution in [0.2, 0.25) is 0 Å². The van der Waals surface area contributed by atoms with Gasteiger partial charge in [0.25, 0.3) is 0 Å². The molecule has 27 heavy (non-hydrogen) atoms. The zero-order valence-corrected chi connectivity index (χ0v) is 19.5. The van der Waals surface area contributed by atoms with E-state index in [4.69, 9.17) is 9.73 Å². The summed E-state index contributed by atoms with van der Waals surface area (Å²) in [5.74, 6) is 1.73. The summed E-state index contributed by atoms with van der Waals surface area (Å²) in [7, 11) is 0. The van der Waals surface area contributed by atoms with E-state index in [2.05, 4.69) is 53.6 Å². The van der Waals surface area contributed by atoms with Crippen LogP contribution in [0.15, 0.2) is 29.3 Å². The van der Waals surface area contributed by atoms with Crippen molar-refractivity contribution < 1.29 is 4.74 Å². The Labute approximate surface area is 182 Å². The lowest BCUT2D eigenvalue weighted by molar-refractivity contribution is 0.152. The monoisotopic (exact) mass is 488 g/mol. The van der Waals surface area contributed by atoms with Gasteiger partial charge in [-0.2, -0.15) is 0 Å². The number of guanidine groups is 1. The second-order valence-electron chi connectivity index (χ2n) is 7.10. The minimum absolute atomic E-state index is 0. The second kappa shape index (κ2) is 14.2. The van der Waals surface area contributed by atoms with Crippen LogP contribution in [0.1, 0.15) is 44.7 Å². The Hall–Kier alpha value is -0.860. The molecule has 0 spiro atoms. The van der Waals surface area contributed by atoms with E-state index in [1.807, 2.05) is 6.92 Å². The maximum absolute atomic E-state index is 5.37. The number of aliphatic imine (C=N–C) groups is 1. The number of hydrogen-bond donors (Lipinski definition) is 2. The van der Waals surface area contributed by atoms with Gasteiger partial charge < -0.3 is 15.4 Å². The van der Waals surface area contributed by atoms with Gasteiger partial charge in [0.15, 0.2) is 5.96 Å². The highest BCUT2D eigenvalue weighted by Gasteiger charge is 2.15. The number of rotatable bonds is 9. The maximum Gasteiger partial charge on any atom is 0.191 e. The van der Waals surface area contributed by atoms with Gasteiger partial charge in [-0.1, -0.05) is 31.2 Å². The lowest BCUT2D eigenvalue weighted by Crippen LogP contribution is -2.39. The normalized spacial score (nSPS) is 16.0. The molecule has 0 bridgehead atoms. The second-order valence-corrected chi connectivity index (χ2v) is 7.10. The number of likely N-dealkylation sites (tertiary alicyclic amines) is 1. The number of nitrogens with one attached hydrogen (secondary N) is 2. The van der Waals surface area contributed by atoms with Crippen LogP contribution in [0.3, 0.4) is 0 Å². The number of hydrogen-bond acceptors (Lipinski definition) is 3. The SMILES string of the molecule is CCNC(=NCc1cccc(CN2CCC(C)CC2)c1)NCCOCC.I. The summed E-state index contributed by atoms with van der Waals surface area (Å²) < 4.78 is 5.37. The quantitative estimate of drug-likeness (QED) is 0.241. The van der Waals surface area contributed by atoms with Crippen LogP contribution in [0.5, 0.6) is 0 Å². The van der Waals surface area contributed by atoms with Crippen LogP contribution < -0.4 is 10.6 Å². The summed E-state index contributed by atoms with van der Waals surface area (Å²) >= 11 is 0. The molecule has 0 aromatic heterocycles. The molecule has 0 saturated carbocycles. The van der Waals surface area contributed by atoms with E-state index in [0.29, 0.717) is 13.2 Å². The Morgan fingerprint density at radius 3 is 2.63 bits per heavy atom. The van der Waals surface area contributed by atoms with Crippen LogP contribution >= 0.6 is 24.0 Å². The van der Waals surface area contributed by atoms with Crippen LogP contribution in [-0.4, -0.2) is 50.3 Å². The summed E-state index contributed by atoms with van der Waals surface area (Å²) in [6.07, 6.45) is 2.65. The average molecular weight is 488 g/mol. The van der Waals surface area contributed by atoms with E-state index in [-0.39, 0.29) is 24.0 Å². The highest BCUT2D eigenvalue weighted by atomic mass is 127. The lowest BCUT2D eigenvalue weighted by atomic mass is 9.98. The van der Waals surface area contributed by atoms with Gasteiger partial charge in [0.2, 0.25) is 0 Å². The highest BCUT2D eigenvalue weighted by molar-refractivity contribution is 14.0. The van der Waals surface area contributed by atoms with Crippen molar-refractivity contribution >= 4 is 29.9 Å². The molecule has 1 aliphatic rings. The zero-order valence-electron chi connectivity index (χ0n) is 17.2. The van der Waals surface area contributed by atoms with Crippen LogP contribution in [0.25, 0.3) is 0 Å². The fourth-order valence-electron chi connectivity index (χ4n) is 3.20. The van der Waals surface area contributed by atoms with E-state index in [1.165, 1.54) is 37.1 Å². The summed E-state index contributed by atoms with van der Waals surface area (Å²) in [4.78, 5) is 7.28. The Kier molecular flexibility index (Phi) is 12.7. The Bertz CT molecular complexity index is 545. The zero-order chi connectivity index (χ0) is 18.6. The molecular weight excluding hydrogens is 451 g/mol. The predicted octanol–water partition coefficient (Wildman–Crippen LogP) is 3.63. The van der Waals surface area contributed by atoms with Gasteiger partial charge in [0, 0.05) is 26.2 Å². The number of benzene rings is 1. The van der Waals surface area contributed by atoms with Crippen LogP contribution in [0, 0.1) is 5.92 Å². The standard InChI is InChI=1S/C21H36N4O.HI/c1-4-22-21(23-11-14-26-5-2)24-16-19-7-6-8-20(15-19)17-25-12-9-18(3)10-13-25;/h6-8,15,18H,4-5,9-14,16-17H2,1-3H3,(H2,22,23,24);1H. The molecule has 0 unspecified atom stereocenters. The molecule has 0 amide bonds.